The normalized spacial score (nSPS) is 12.4. The molecule has 0 aliphatic rings. The molecule has 0 aliphatic carbocycles. The molecule has 0 saturated heterocycles. The third kappa shape index (κ3) is 6.68. The van der Waals surface area contributed by atoms with E-state index in [1.54, 1.807) is 0 Å². The predicted octanol–water partition coefficient (Wildman–Crippen LogP) is 11.2. The van der Waals surface area contributed by atoms with Gasteiger partial charge in [-0.1, -0.05) is 158 Å². The minimum Gasteiger partial charge on any atom is -0.435 e. The Morgan fingerprint density at radius 3 is 1.92 bits per heavy atom. The van der Waals surface area contributed by atoms with E-state index in [4.69, 9.17) is 15.0 Å². The molecule has 0 saturated carbocycles. The topological polar surface area (TPSA) is 44.8 Å². The van der Waals surface area contributed by atoms with E-state index in [0.717, 1.165) is 56.1 Å². The van der Waals surface area contributed by atoms with Crippen molar-refractivity contribution in [2.24, 2.45) is 0 Å². The Morgan fingerprint density at radius 1 is 0.592 bits per heavy atom. The van der Waals surface area contributed by atoms with Crippen LogP contribution in [0.5, 0.6) is 0 Å². The average Bonchev–Trinajstić information content (AvgIpc) is 3.66. The molecule has 7 aromatic rings. The van der Waals surface area contributed by atoms with E-state index in [1.807, 2.05) is 12.3 Å². The Bertz CT molecular complexity index is 2290. The first-order valence-electron chi connectivity index (χ1n) is 16.9. The molecule has 3 aromatic carbocycles. The van der Waals surface area contributed by atoms with Crippen LogP contribution >= 0.6 is 0 Å². The van der Waals surface area contributed by atoms with Crippen LogP contribution in [-0.2, 0) is 37.3 Å². The summed E-state index contributed by atoms with van der Waals surface area (Å²) in [7, 11) is 0. The molecule has 0 atom stereocenters. The molecule has 4 nitrogen and oxygen atoms in total. The van der Waals surface area contributed by atoms with E-state index in [0.29, 0.717) is 0 Å². The van der Waals surface area contributed by atoms with Gasteiger partial charge in [0.15, 0.2) is 0 Å². The van der Waals surface area contributed by atoms with Gasteiger partial charge < -0.3 is 9.55 Å². The van der Waals surface area contributed by atoms with Crippen LogP contribution in [0.25, 0.3) is 61.5 Å². The Labute approximate surface area is 305 Å². The van der Waals surface area contributed by atoms with Gasteiger partial charge in [-0.25, -0.2) is 0 Å². The molecule has 5 heteroatoms. The summed E-state index contributed by atoms with van der Waals surface area (Å²) in [6.07, 6.45) is 1.92. The monoisotopic (exact) mass is 823 g/mol. The van der Waals surface area contributed by atoms with E-state index in [-0.39, 0.29) is 37.3 Å². The van der Waals surface area contributed by atoms with Gasteiger partial charge in [0.2, 0.25) is 0 Å². The molecular weight excluding hydrogens is 780 g/mol. The first-order valence-corrected chi connectivity index (χ1v) is 16.9. The van der Waals surface area contributed by atoms with Gasteiger partial charge in [0.05, 0.1) is 5.65 Å². The minimum absolute atomic E-state index is 0. The molecule has 4 heterocycles. The fourth-order valence-electron chi connectivity index (χ4n) is 6.31. The smallest absolute Gasteiger partial charge is 0.435 e. The minimum atomic E-state index is -0.0738. The molecule has 0 N–H and O–H groups in total. The van der Waals surface area contributed by atoms with Crippen molar-refractivity contribution < 1.29 is 21.1 Å². The molecule has 0 amide bonds. The molecule has 49 heavy (non-hydrogen) atoms. The number of aromatic nitrogens is 4. The van der Waals surface area contributed by atoms with E-state index in [2.05, 4.69) is 164 Å². The van der Waals surface area contributed by atoms with Crippen molar-refractivity contribution in [2.75, 3.05) is 0 Å². The summed E-state index contributed by atoms with van der Waals surface area (Å²) in [6.45, 7) is 20.2. The van der Waals surface area contributed by atoms with Crippen molar-refractivity contribution in [2.45, 2.75) is 78.6 Å². The first kappa shape index (κ1) is 34.6. The number of benzene rings is 3. The summed E-state index contributed by atoms with van der Waals surface area (Å²) >= 11 is 0. The van der Waals surface area contributed by atoms with E-state index >= 15 is 0 Å². The maximum Gasteiger partial charge on any atom is 2.00 e. The molecule has 0 spiro atoms. The third-order valence-electron chi connectivity index (χ3n) is 9.32. The predicted molar refractivity (Wildman–Crippen MR) is 201 cm³/mol. The second-order valence-electron chi connectivity index (χ2n) is 16.1. The average molecular weight is 824 g/mol. The molecule has 0 radical (unpaired) electrons. The van der Waals surface area contributed by atoms with Crippen LogP contribution in [0.2, 0.25) is 0 Å². The second-order valence-corrected chi connectivity index (χ2v) is 16.1. The number of nitrogens with zero attached hydrogens (tertiary/aromatic N) is 4. The van der Waals surface area contributed by atoms with Crippen LogP contribution in [0.3, 0.4) is 0 Å². The third-order valence-corrected chi connectivity index (χ3v) is 9.32. The van der Waals surface area contributed by atoms with Crippen molar-refractivity contribution in [3.05, 3.63) is 126 Å². The van der Waals surface area contributed by atoms with Crippen molar-refractivity contribution >= 4 is 21.9 Å². The molecule has 7 rings (SSSR count). The van der Waals surface area contributed by atoms with Gasteiger partial charge in [-0.15, -0.1) is 23.8 Å². The van der Waals surface area contributed by atoms with Gasteiger partial charge in [0.1, 0.15) is 0 Å². The SMILES string of the molecule is CC(C)(C)c1cc(-c2cc(C(C)(C)C)ccn2)[c-]c(-c2ccc3c4cc(C(C)(C)C)ccc4n(-c4ccc(-c5ccccc5)[n-]4)c3n2)c1.[Pt+2]. The summed E-state index contributed by atoms with van der Waals surface area (Å²) < 4.78 is 2.22. The zero-order valence-corrected chi connectivity index (χ0v) is 32.2. The van der Waals surface area contributed by atoms with Crippen molar-refractivity contribution in [3.8, 4) is 39.6 Å². The second kappa shape index (κ2) is 12.6. The fourth-order valence-corrected chi connectivity index (χ4v) is 6.31. The molecule has 250 valence electrons. The molecule has 4 aromatic heterocycles. The summed E-state index contributed by atoms with van der Waals surface area (Å²) in [4.78, 5) is 15.4. The molecule has 0 fully saturated rings. The van der Waals surface area contributed by atoms with Crippen LogP contribution in [0, 0.1) is 6.07 Å². The van der Waals surface area contributed by atoms with Gasteiger partial charge >= 0.3 is 21.1 Å². The van der Waals surface area contributed by atoms with Gasteiger partial charge in [-0.05, 0) is 55.6 Å². The molecule has 0 aliphatic heterocycles. The number of pyridine rings is 2. The van der Waals surface area contributed by atoms with Crippen LogP contribution in [0.4, 0.5) is 0 Å². The van der Waals surface area contributed by atoms with E-state index in [9.17, 15) is 0 Å². The Balaban J connectivity index is 0.00000417. The van der Waals surface area contributed by atoms with Crippen LogP contribution in [0.15, 0.2) is 103 Å². The number of rotatable bonds is 4. The number of hydrogen-bond acceptors (Lipinski definition) is 2. The zero-order valence-electron chi connectivity index (χ0n) is 29.9. The van der Waals surface area contributed by atoms with Gasteiger partial charge in [0.25, 0.3) is 0 Å². The standard InChI is InChI=1S/C44H44N4.Pt/c1-42(2,3)31-15-19-39-35(26-31)34-16-17-37(47-41(34)48(39)40-20-18-36(46-40)28-13-11-10-12-14-28)29-23-30(25-33(24-29)44(7,8)9)38-27-32(21-22-45-38)43(4,5)6;/h10-22,24-27H,1-9H3;/q-2;+2. The first-order chi connectivity index (χ1) is 22.7. The van der Waals surface area contributed by atoms with Crippen LogP contribution in [-0.4, -0.2) is 14.5 Å². The quantitative estimate of drug-likeness (QED) is 0.166. The summed E-state index contributed by atoms with van der Waals surface area (Å²) in [5, 5.41) is 2.29. The number of fused-ring (bicyclic) bond motifs is 3. The Kier molecular flexibility index (Phi) is 8.86. The fraction of sp³-hybridized carbons (Fsp3) is 0.273. The van der Waals surface area contributed by atoms with Gasteiger partial charge in [-0.2, -0.15) is 0 Å². The molecule has 0 bridgehead atoms. The maximum absolute atomic E-state index is 5.42. The van der Waals surface area contributed by atoms with Crippen molar-refractivity contribution in [3.63, 3.8) is 0 Å². The van der Waals surface area contributed by atoms with E-state index in [1.165, 1.54) is 22.1 Å². The van der Waals surface area contributed by atoms with Crippen LogP contribution in [0.1, 0.15) is 79.0 Å². The maximum atomic E-state index is 5.42. The zero-order chi connectivity index (χ0) is 34.0. The Morgan fingerprint density at radius 2 is 1.24 bits per heavy atom. The van der Waals surface area contributed by atoms with Gasteiger partial charge in [-0.3, -0.25) is 9.97 Å². The summed E-state index contributed by atoms with van der Waals surface area (Å²) in [5.74, 6) is 0.860. The van der Waals surface area contributed by atoms with E-state index < -0.39 is 0 Å². The molecule has 0 unspecified atom stereocenters. The van der Waals surface area contributed by atoms with Gasteiger partial charge in [0, 0.05) is 23.0 Å². The molecular formula is C44H44N4Pt. The Hall–Kier alpha value is -4.27. The van der Waals surface area contributed by atoms with Crippen molar-refractivity contribution in [1.29, 1.82) is 0 Å². The summed E-state index contributed by atoms with van der Waals surface area (Å²) in [5.41, 5.74) is 11.5. The van der Waals surface area contributed by atoms with Crippen molar-refractivity contribution in [1.82, 2.24) is 19.5 Å². The largest absolute Gasteiger partial charge is 2.00 e. The number of hydrogen-bond donors (Lipinski definition) is 0. The summed E-state index contributed by atoms with van der Waals surface area (Å²) in [6, 6.07) is 38.2. The van der Waals surface area contributed by atoms with Crippen LogP contribution < -0.4 is 4.98 Å².